The van der Waals surface area contributed by atoms with E-state index < -0.39 is 44.1 Å². The Kier molecular flexibility index (Phi) is 5.92. The highest BCUT2D eigenvalue weighted by Crippen LogP contribution is 2.24. The molecule has 0 saturated heterocycles. The molecule has 3 rings (SSSR count). The molecule has 2 heterocycles. The Bertz CT molecular complexity index is 1350. The summed E-state index contributed by atoms with van der Waals surface area (Å²) in [5, 5.41) is 12.7. The molecule has 0 saturated carbocycles. The standard InChI is InChI=1S/C20H22FN5O5S/c1-20(2,26-8-7-22-11-26)19-24-15(16(27)18(29)25(19)3)17(28)23-10-12-5-6-13(21)9-14(12)32(4,30)31/h5-9,11,27H,10H2,1-4H3,(H,23,28). The molecule has 32 heavy (non-hydrogen) atoms. The van der Waals surface area contributed by atoms with Gasteiger partial charge in [-0.25, -0.2) is 22.8 Å². The molecule has 12 heteroatoms. The van der Waals surface area contributed by atoms with E-state index in [1.165, 1.54) is 19.4 Å². The van der Waals surface area contributed by atoms with Crippen LogP contribution in [0.25, 0.3) is 0 Å². The van der Waals surface area contributed by atoms with Crippen molar-refractivity contribution in [3.63, 3.8) is 0 Å². The van der Waals surface area contributed by atoms with Crippen molar-refractivity contribution in [2.24, 2.45) is 7.05 Å². The van der Waals surface area contributed by atoms with Crippen molar-refractivity contribution in [3.05, 3.63) is 70.2 Å². The molecule has 0 spiro atoms. The van der Waals surface area contributed by atoms with Crippen molar-refractivity contribution in [1.29, 1.82) is 0 Å². The van der Waals surface area contributed by atoms with Crippen molar-refractivity contribution in [2.45, 2.75) is 30.8 Å². The molecule has 2 aromatic heterocycles. The van der Waals surface area contributed by atoms with Gasteiger partial charge in [-0.3, -0.25) is 14.2 Å². The van der Waals surface area contributed by atoms with E-state index in [-0.39, 0.29) is 22.8 Å². The summed E-state index contributed by atoms with van der Waals surface area (Å²) in [7, 11) is -2.34. The van der Waals surface area contributed by atoms with Crippen LogP contribution in [0.3, 0.4) is 0 Å². The van der Waals surface area contributed by atoms with E-state index in [0.717, 1.165) is 23.0 Å². The topological polar surface area (TPSA) is 136 Å². The smallest absolute Gasteiger partial charge is 0.296 e. The van der Waals surface area contributed by atoms with Crippen molar-refractivity contribution in [3.8, 4) is 5.75 Å². The SMILES string of the molecule is Cn1c(C(C)(C)n2ccnc2)nc(C(=O)NCc2ccc(F)cc2S(C)(=O)=O)c(O)c1=O. The Labute approximate surface area is 183 Å². The van der Waals surface area contributed by atoms with E-state index in [4.69, 9.17) is 0 Å². The van der Waals surface area contributed by atoms with Crippen LogP contribution in [0, 0.1) is 5.82 Å². The van der Waals surface area contributed by atoms with Crippen molar-refractivity contribution < 1.29 is 22.7 Å². The minimum Gasteiger partial charge on any atom is -0.501 e. The molecule has 0 aliphatic rings. The maximum atomic E-state index is 13.5. The van der Waals surface area contributed by atoms with Crippen LogP contribution in [0.4, 0.5) is 4.39 Å². The molecule has 0 fully saturated rings. The van der Waals surface area contributed by atoms with Crippen molar-refractivity contribution in [1.82, 2.24) is 24.4 Å². The Morgan fingerprint density at radius 3 is 2.59 bits per heavy atom. The van der Waals surface area contributed by atoms with Gasteiger partial charge in [0.1, 0.15) is 11.6 Å². The van der Waals surface area contributed by atoms with Gasteiger partial charge in [0, 0.05) is 32.2 Å². The van der Waals surface area contributed by atoms with E-state index in [0.29, 0.717) is 0 Å². The molecule has 170 valence electrons. The third-order valence-corrected chi connectivity index (χ3v) is 6.23. The average Bonchev–Trinajstić information content (AvgIpc) is 3.26. The second-order valence-electron chi connectivity index (χ2n) is 7.73. The summed E-state index contributed by atoms with van der Waals surface area (Å²) in [5.41, 5.74) is -2.09. The number of hydrogen-bond acceptors (Lipinski definition) is 7. The van der Waals surface area contributed by atoms with Gasteiger partial charge < -0.3 is 15.0 Å². The number of halogens is 1. The number of amides is 1. The van der Waals surface area contributed by atoms with Crippen LogP contribution in [0.15, 0.2) is 46.6 Å². The number of carbonyl (C=O) groups excluding carboxylic acids is 1. The minimum absolute atomic E-state index is 0.143. The predicted octanol–water partition coefficient (Wildman–Crippen LogP) is 0.938. The maximum Gasteiger partial charge on any atom is 0.296 e. The fourth-order valence-electron chi connectivity index (χ4n) is 3.28. The van der Waals surface area contributed by atoms with E-state index in [9.17, 15) is 27.5 Å². The minimum atomic E-state index is -3.76. The number of benzene rings is 1. The first kappa shape index (κ1) is 23.1. The Morgan fingerprint density at radius 1 is 1.31 bits per heavy atom. The summed E-state index contributed by atoms with van der Waals surface area (Å²) < 4.78 is 40.2. The molecule has 2 N–H and O–H groups in total. The fraction of sp³-hybridized carbons (Fsp3) is 0.300. The third kappa shape index (κ3) is 4.26. The normalized spacial score (nSPS) is 12.0. The summed E-state index contributed by atoms with van der Waals surface area (Å²) in [5.74, 6) is -2.30. The van der Waals surface area contributed by atoms with Crippen molar-refractivity contribution in [2.75, 3.05) is 6.26 Å². The first-order valence-corrected chi connectivity index (χ1v) is 11.3. The lowest BCUT2D eigenvalue weighted by Gasteiger charge is -2.28. The molecule has 10 nitrogen and oxygen atoms in total. The number of imidazole rings is 1. The van der Waals surface area contributed by atoms with Gasteiger partial charge in [0.15, 0.2) is 15.5 Å². The Balaban J connectivity index is 1.99. The van der Waals surface area contributed by atoms with Crippen LogP contribution < -0.4 is 10.9 Å². The largest absolute Gasteiger partial charge is 0.501 e. The first-order chi connectivity index (χ1) is 14.8. The van der Waals surface area contributed by atoms with Crippen LogP contribution in [-0.2, 0) is 29.0 Å². The number of rotatable bonds is 6. The summed E-state index contributed by atoms with van der Waals surface area (Å²) >= 11 is 0. The van der Waals surface area contributed by atoms with Crippen LogP contribution in [0.5, 0.6) is 5.75 Å². The van der Waals surface area contributed by atoms with Gasteiger partial charge in [0.25, 0.3) is 11.5 Å². The number of aromatic hydroxyl groups is 1. The molecular formula is C20H22FN5O5S. The molecular weight excluding hydrogens is 441 g/mol. The fourth-order valence-corrected chi connectivity index (χ4v) is 4.22. The zero-order valence-electron chi connectivity index (χ0n) is 17.8. The second-order valence-corrected chi connectivity index (χ2v) is 9.72. The molecule has 0 bridgehead atoms. The monoisotopic (exact) mass is 463 g/mol. The van der Waals surface area contributed by atoms with E-state index in [1.54, 1.807) is 30.8 Å². The zero-order chi connectivity index (χ0) is 23.8. The lowest BCUT2D eigenvalue weighted by atomic mass is 10.0. The molecule has 3 aromatic rings. The lowest BCUT2D eigenvalue weighted by Crippen LogP contribution is -2.38. The highest BCUT2D eigenvalue weighted by molar-refractivity contribution is 7.90. The molecule has 0 aliphatic carbocycles. The van der Waals surface area contributed by atoms with Crippen molar-refractivity contribution >= 4 is 15.7 Å². The van der Waals surface area contributed by atoms with Crippen LogP contribution in [-0.4, -0.2) is 44.8 Å². The summed E-state index contributed by atoms with van der Waals surface area (Å²) in [6.45, 7) is 3.22. The van der Waals surface area contributed by atoms with Crippen LogP contribution in [0.1, 0.15) is 35.7 Å². The second kappa shape index (κ2) is 8.19. The number of nitrogens with one attached hydrogen (secondary N) is 1. The van der Waals surface area contributed by atoms with Gasteiger partial charge >= 0.3 is 0 Å². The highest BCUT2D eigenvalue weighted by Gasteiger charge is 2.31. The highest BCUT2D eigenvalue weighted by atomic mass is 32.2. The molecule has 0 atom stereocenters. The first-order valence-electron chi connectivity index (χ1n) is 9.39. The number of aromatic nitrogens is 4. The van der Waals surface area contributed by atoms with Gasteiger partial charge in [-0.2, -0.15) is 0 Å². The third-order valence-electron chi connectivity index (χ3n) is 5.05. The Hall–Kier alpha value is -3.54. The number of hydrogen-bond donors (Lipinski definition) is 2. The number of nitrogens with zero attached hydrogens (tertiary/aromatic N) is 4. The maximum absolute atomic E-state index is 13.5. The quantitative estimate of drug-likeness (QED) is 0.555. The molecule has 0 radical (unpaired) electrons. The van der Waals surface area contributed by atoms with E-state index in [2.05, 4.69) is 15.3 Å². The van der Waals surface area contributed by atoms with E-state index >= 15 is 0 Å². The summed E-state index contributed by atoms with van der Waals surface area (Å²) in [6.07, 6.45) is 5.67. The zero-order valence-corrected chi connectivity index (χ0v) is 18.6. The number of carbonyl (C=O) groups is 1. The van der Waals surface area contributed by atoms with Gasteiger partial charge in [0.2, 0.25) is 5.75 Å². The molecule has 1 amide bonds. The molecule has 0 aliphatic heterocycles. The molecule has 1 aromatic carbocycles. The van der Waals surface area contributed by atoms with E-state index in [1.807, 2.05) is 0 Å². The van der Waals surface area contributed by atoms with Gasteiger partial charge in [-0.1, -0.05) is 6.07 Å². The van der Waals surface area contributed by atoms with Gasteiger partial charge in [-0.05, 0) is 31.5 Å². The van der Waals surface area contributed by atoms with Crippen LogP contribution >= 0.6 is 0 Å². The lowest BCUT2D eigenvalue weighted by molar-refractivity contribution is 0.0941. The predicted molar refractivity (Wildman–Crippen MR) is 112 cm³/mol. The summed E-state index contributed by atoms with van der Waals surface area (Å²) in [4.78, 5) is 33.3. The van der Waals surface area contributed by atoms with Crippen LogP contribution in [0.2, 0.25) is 0 Å². The van der Waals surface area contributed by atoms with Gasteiger partial charge in [-0.15, -0.1) is 0 Å². The molecule has 0 unspecified atom stereocenters. The van der Waals surface area contributed by atoms with Gasteiger partial charge in [0.05, 0.1) is 16.8 Å². The number of sulfone groups is 1. The average molecular weight is 463 g/mol. The Morgan fingerprint density at radius 2 is 2.00 bits per heavy atom. The summed E-state index contributed by atoms with van der Waals surface area (Å²) in [6, 6.07) is 3.16.